The minimum absolute atomic E-state index is 0.00875. The van der Waals surface area contributed by atoms with Crippen LogP contribution in [0.1, 0.15) is 22.1 Å². The number of imidazole rings is 1. The van der Waals surface area contributed by atoms with Gasteiger partial charge >= 0.3 is 5.97 Å². The van der Waals surface area contributed by atoms with Crippen molar-refractivity contribution in [3.05, 3.63) is 90.1 Å². The molecule has 0 saturated heterocycles. The summed E-state index contributed by atoms with van der Waals surface area (Å²) in [5.41, 5.74) is 14.7. The van der Waals surface area contributed by atoms with Crippen molar-refractivity contribution in [2.75, 3.05) is 18.2 Å². The molecule has 0 fully saturated rings. The van der Waals surface area contributed by atoms with E-state index in [9.17, 15) is 14.7 Å². The topological polar surface area (TPSA) is 189 Å². The number of para-hydroxylation sites is 1. The minimum Gasteiger partial charge on any atom is -0.496 e. The predicted octanol–water partition coefficient (Wildman–Crippen LogP) is 3.09. The number of carboxylic acids is 1. The Balaban J connectivity index is 0.000000194. The number of aromatic amines is 1. The molecule has 5 aromatic rings. The Labute approximate surface area is 217 Å². The maximum atomic E-state index is 12.2. The number of aromatic nitrogens is 3. The molecule has 2 atom stereocenters. The molecule has 0 bridgehead atoms. The summed E-state index contributed by atoms with van der Waals surface area (Å²) < 4.78 is 5.11. The third-order valence-corrected chi connectivity index (χ3v) is 5.68. The lowest BCUT2D eigenvalue weighted by atomic mass is 10.0. The number of nitrogen functional groups attached to an aromatic ring is 1. The summed E-state index contributed by atoms with van der Waals surface area (Å²) >= 11 is 0. The molecule has 0 radical (unpaired) electrons. The first kappa shape index (κ1) is 26.1. The molecule has 8 N–H and O–H groups in total. The number of hydrogen-bond acceptors (Lipinski definition) is 8. The Morgan fingerprint density at radius 2 is 1.68 bits per heavy atom. The van der Waals surface area contributed by atoms with Crippen molar-refractivity contribution in [3.63, 3.8) is 0 Å². The van der Waals surface area contributed by atoms with E-state index in [1.165, 1.54) is 13.2 Å². The molecule has 0 saturated carbocycles. The average Bonchev–Trinajstić information content (AvgIpc) is 3.31. The molecule has 0 aliphatic heterocycles. The van der Waals surface area contributed by atoms with Gasteiger partial charge < -0.3 is 36.7 Å². The number of rotatable bonds is 6. The first-order valence-corrected chi connectivity index (χ1v) is 11.5. The molecule has 11 nitrogen and oxygen atoms in total. The van der Waals surface area contributed by atoms with E-state index in [0.717, 1.165) is 5.39 Å². The fourth-order valence-electron chi connectivity index (χ4n) is 3.77. The van der Waals surface area contributed by atoms with Gasteiger partial charge in [0, 0.05) is 17.1 Å². The van der Waals surface area contributed by atoms with Crippen LogP contribution in [0, 0.1) is 0 Å². The van der Waals surface area contributed by atoms with E-state index in [1.807, 2.05) is 18.2 Å². The van der Waals surface area contributed by atoms with Crippen molar-refractivity contribution in [3.8, 4) is 5.75 Å². The number of aromatic carboxylic acids is 1. The monoisotopic (exact) mass is 514 g/mol. The van der Waals surface area contributed by atoms with E-state index < -0.39 is 24.0 Å². The molecule has 11 heteroatoms. The number of aliphatic hydroxyl groups excluding tert-OH is 1. The fourth-order valence-corrected chi connectivity index (χ4v) is 3.77. The van der Waals surface area contributed by atoms with Crippen molar-refractivity contribution in [2.45, 2.75) is 12.1 Å². The Morgan fingerprint density at radius 3 is 2.39 bits per heavy atom. The van der Waals surface area contributed by atoms with Crippen LogP contribution in [0.3, 0.4) is 0 Å². The van der Waals surface area contributed by atoms with Gasteiger partial charge in [0.25, 0.3) is 5.91 Å². The Morgan fingerprint density at radius 1 is 0.974 bits per heavy atom. The van der Waals surface area contributed by atoms with Gasteiger partial charge in [-0.2, -0.15) is 0 Å². The van der Waals surface area contributed by atoms with Gasteiger partial charge in [-0.15, -0.1) is 0 Å². The van der Waals surface area contributed by atoms with Crippen molar-refractivity contribution >= 4 is 45.4 Å². The molecule has 1 amide bonds. The number of H-pyrrole nitrogens is 1. The number of nitrogens with one attached hydrogen (secondary N) is 2. The zero-order valence-electron chi connectivity index (χ0n) is 20.3. The van der Waals surface area contributed by atoms with Gasteiger partial charge in [0.1, 0.15) is 5.75 Å². The van der Waals surface area contributed by atoms with E-state index in [1.54, 1.807) is 54.6 Å². The summed E-state index contributed by atoms with van der Waals surface area (Å²) in [6.07, 6.45) is -1.36. The van der Waals surface area contributed by atoms with Crippen molar-refractivity contribution in [1.82, 2.24) is 15.0 Å². The average molecular weight is 515 g/mol. The number of carbonyl (C=O) groups is 2. The molecule has 194 valence electrons. The number of ether oxygens (including phenoxy) is 1. The number of carbonyl (C=O) groups excluding carboxylic acids is 1. The highest BCUT2D eigenvalue weighted by atomic mass is 16.5. The number of fused-ring (bicyclic) bond motifs is 2. The van der Waals surface area contributed by atoms with Gasteiger partial charge in [0.05, 0.1) is 29.7 Å². The molecule has 2 aromatic heterocycles. The summed E-state index contributed by atoms with van der Waals surface area (Å²) in [5, 5.41) is 22.4. The molecule has 0 spiro atoms. The number of nitrogens with zero attached hydrogens (tertiary/aromatic N) is 2. The first-order chi connectivity index (χ1) is 18.3. The number of carboxylic acid groups (broad SMARTS) is 1. The lowest BCUT2D eigenvalue weighted by molar-refractivity contribution is -0.125. The molecule has 2 heterocycles. The number of aliphatic hydroxyl groups is 1. The van der Waals surface area contributed by atoms with E-state index in [4.69, 9.17) is 21.3 Å². The van der Waals surface area contributed by atoms with Gasteiger partial charge in [-0.25, -0.2) is 14.8 Å². The van der Waals surface area contributed by atoms with Crippen LogP contribution >= 0.6 is 0 Å². The summed E-state index contributed by atoms with van der Waals surface area (Å²) in [6.45, 7) is 0. The van der Waals surface area contributed by atoms with E-state index >= 15 is 0 Å². The Hall–Kier alpha value is -5.00. The van der Waals surface area contributed by atoms with E-state index in [2.05, 4.69) is 20.3 Å². The molecule has 3 aromatic carbocycles. The van der Waals surface area contributed by atoms with Crippen LogP contribution in [0.5, 0.6) is 5.75 Å². The SMILES string of the molecule is COc1cc(C(=O)O)nc2ccccc12.Nc1nc2ccc(NC(=O)C(O)C(N)c3ccccc3)cc2[nH]1. The third kappa shape index (κ3) is 5.86. The number of benzene rings is 3. The number of hydrogen-bond donors (Lipinski definition) is 6. The smallest absolute Gasteiger partial charge is 0.354 e. The second-order valence-corrected chi connectivity index (χ2v) is 8.26. The van der Waals surface area contributed by atoms with Crippen LogP contribution < -0.4 is 21.5 Å². The second kappa shape index (κ2) is 11.4. The van der Waals surface area contributed by atoms with Gasteiger partial charge in [0.2, 0.25) is 0 Å². The zero-order valence-corrected chi connectivity index (χ0v) is 20.3. The lowest BCUT2D eigenvalue weighted by Crippen LogP contribution is -2.37. The highest BCUT2D eigenvalue weighted by molar-refractivity contribution is 5.96. The fraction of sp³-hybridized carbons (Fsp3) is 0.111. The maximum absolute atomic E-state index is 12.2. The third-order valence-electron chi connectivity index (χ3n) is 5.68. The van der Waals surface area contributed by atoms with E-state index in [0.29, 0.717) is 39.5 Å². The standard InChI is InChI=1S/C16H17N5O2.C11H9NO3/c17-13(9-4-2-1-3-5-9)14(22)15(23)19-10-6-7-11-12(8-10)21-16(18)20-11;1-15-10-6-9(11(13)14)12-8-5-3-2-4-7(8)10/h1-8,13-14,22H,17H2,(H,19,23)(H3,18,20,21);2-6H,1H3,(H,13,14). The van der Waals surface area contributed by atoms with Crippen LogP contribution in [0.2, 0.25) is 0 Å². The van der Waals surface area contributed by atoms with Crippen LogP contribution in [0.25, 0.3) is 21.9 Å². The number of pyridine rings is 1. The molecule has 0 aliphatic rings. The summed E-state index contributed by atoms with van der Waals surface area (Å²) in [4.78, 5) is 33.9. The van der Waals surface area contributed by atoms with Crippen molar-refractivity contribution in [2.24, 2.45) is 5.73 Å². The minimum atomic E-state index is -1.36. The summed E-state index contributed by atoms with van der Waals surface area (Å²) in [5.74, 6) is -0.806. The number of nitrogens with two attached hydrogens (primary N) is 2. The van der Waals surface area contributed by atoms with Gasteiger partial charge in [-0.3, -0.25) is 4.79 Å². The normalized spacial score (nSPS) is 12.3. The Kier molecular flexibility index (Phi) is 7.80. The van der Waals surface area contributed by atoms with E-state index in [-0.39, 0.29) is 5.69 Å². The molecule has 0 aliphatic carbocycles. The van der Waals surface area contributed by atoms with Gasteiger partial charge in [0.15, 0.2) is 17.7 Å². The van der Waals surface area contributed by atoms with Crippen LogP contribution in [-0.4, -0.2) is 50.3 Å². The summed E-state index contributed by atoms with van der Waals surface area (Å²) in [6, 6.07) is 21.9. The van der Waals surface area contributed by atoms with Crippen molar-refractivity contribution < 1.29 is 24.5 Å². The molecule has 2 unspecified atom stereocenters. The molecule has 5 rings (SSSR count). The highest BCUT2D eigenvalue weighted by Crippen LogP contribution is 2.25. The molecular weight excluding hydrogens is 488 g/mol. The van der Waals surface area contributed by atoms with Crippen LogP contribution in [-0.2, 0) is 4.79 Å². The second-order valence-electron chi connectivity index (χ2n) is 8.26. The summed E-state index contributed by atoms with van der Waals surface area (Å²) in [7, 11) is 1.51. The largest absolute Gasteiger partial charge is 0.496 e. The first-order valence-electron chi connectivity index (χ1n) is 11.5. The highest BCUT2D eigenvalue weighted by Gasteiger charge is 2.24. The Bertz CT molecular complexity index is 1590. The quantitative estimate of drug-likeness (QED) is 0.198. The van der Waals surface area contributed by atoms with Crippen molar-refractivity contribution in [1.29, 1.82) is 0 Å². The van der Waals surface area contributed by atoms with Crippen LogP contribution in [0.15, 0.2) is 78.9 Å². The lowest BCUT2D eigenvalue weighted by Gasteiger charge is -2.18. The zero-order chi connectivity index (χ0) is 27.2. The molecule has 38 heavy (non-hydrogen) atoms. The maximum Gasteiger partial charge on any atom is 0.354 e. The number of methoxy groups -OCH3 is 1. The number of amides is 1. The molecular formula is C27H26N6O5. The van der Waals surface area contributed by atoms with Gasteiger partial charge in [-0.05, 0) is 35.9 Å². The predicted molar refractivity (Wildman–Crippen MR) is 144 cm³/mol. The van der Waals surface area contributed by atoms with Gasteiger partial charge in [-0.1, -0.05) is 42.5 Å². The number of anilines is 2. The van der Waals surface area contributed by atoms with Crippen LogP contribution in [0.4, 0.5) is 11.6 Å².